The number of benzene rings is 4. The summed E-state index contributed by atoms with van der Waals surface area (Å²) in [7, 11) is -2.26. The summed E-state index contributed by atoms with van der Waals surface area (Å²) in [4.78, 5) is 14.4. The summed E-state index contributed by atoms with van der Waals surface area (Å²) >= 11 is 3.16. The lowest BCUT2D eigenvalue weighted by Gasteiger charge is -2.33. The summed E-state index contributed by atoms with van der Waals surface area (Å²) < 4.78 is 70.4. The summed E-state index contributed by atoms with van der Waals surface area (Å²) in [6, 6.07) is 29.1. The molecule has 0 aliphatic carbocycles. The molecule has 310 valence electrons. The molecule has 0 radical (unpaired) electrons. The lowest BCUT2D eigenvalue weighted by Crippen LogP contribution is -2.48. The Balaban J connectivity index is 0.000000179. The summed E-state index contributed by atoms with van der Waals surface area (Å²) in [6.07, 6.45) is 0. The molecule has 0 amide bonds. The minimum absolute atomic E-state index is 0.282. The molecule has 0 bridgehead atoms. The third kappa shape index (κ3) is 9.56. The molecule has 2 saturated heterocycles. The van der Waals surface area contributed by atoms with Crippen molar-refractivity contribution >= 4 is 53.0 Å². The number of hydrogen-bond acceptors (Lipinski definition) is 13. The van der Waals surface area contributed by atoms with Crippen molar-refractivity contribution in [3.8, 4) is 39.8 Å². The highest BCUT2D eigenvalue weighted by Crippen LogP contribution is 2.34. The number of hydrogen-bond donors (Lipinski definition) is 0. The van der Waals surface area contributed by atoms with Crippen LogP contribution in [0.5, 0.6) is 17.2 Å². The molecule has 0 spiro atoms. The molecule has 4 heterocycles. The maximum Gasteiger partial charge on any atom is 0.243 e. The number of thiazole rings is 2. The number of rotatable bonds is 11. The van der Waals surface area contributed by atoms with Crippen molar-refractivity contribution in [2.45, 2.75) is 16.7 Å². The van der Waals surface area contributed by atoms with Crippen LogP contribution in [0, 0.1) is 6.92 Å². The molecule has 17 heteroatoms. The number of methoxy groups -OCH3 is 3. The van der Waals surface area contributed by atoms with Gasteiger partial charge in [0.1, 0.15) is 17.2 Å². The highest BCUT2D eigenvalue weighted by atomic mass is 32.2. The number of ether oxygens (including phenoxy) is 3. The van der Waals surface area contributed by atoms with Gasteiger partial charge in [-0.1, -0.05) is 35.9 Å². The number of para-hydroxylation sites is 1. The van der Waals surface area contributed by atoms with Crippen LogP contribution in [0.25, 0.3) is 22.5 Å². The van der Waals surface area contributed by atoms with Crippen molar-refractivity contribution in [1.82, 2.24) is 18.6 Å². The fourth-order valence-electron chi connectivity index (χ4n) is 6.77. The van der Waals surface area contributed by atoms with Crippen LogP contribution in [0.15, 0.2) is 118 Å². The molecule has 2 aliphatic rings. The lowest BCUT2D eigenvalue weighted by molar-refractivity contribution is 0.384. The Bertz CT molecular complexity index is 2550. The van der Waals surface area contributed by atoms with Crippen molar-refractivity contribution in [2.75, 3.05) is 83.5 Å². The minimum atomic E-state index is -3.52. The topological polar surface area (TPSA) is 135 Å². The standard InChI is InChI=1S/C21H23N3O4S2.C21H23N3O3S2/c1-27-16-7-9-17(10-8-16)30(25,26)24-13-11-23(12-14-24)21-22-19(15-29-21)18-5-3-4-6-20(18)28-2;1-16-4-3-5-17(14-16)20-15-28-21(22-20)23-10-12-24(13-11-23)29(25,26)19-8-6-18(27-2)7-9-19/h3-10,15H,11-14H2,1-2H3;3-9,14-15H,10-13H2,1-2H3. The van der Waals surface area contributed by atoms with Crippen molar-refractivity contribution in [2.24, 2.45) is 0 Å². The summed E-state index contributed by atoms with van der Waals surface area (Å²) in [6.45, 7) is 6.20. The van der Waals surface area contributed by atoms with E-state index in [1.807, 2.05) is 35.7 Å². The third-order valence-electron chi connectivity index (χ3n) is 10.1. The van der Waals surface area contributed by atoms with E-state index in [1.165, 1.54) is 9.87 Å². The largest absolute Gasteiger partial charge is 0.497 e. The Hall–Kier alpha value is -5.04. The van der Waals surface area contributed by atoms with E-state index < -0.39 is 20.0 Å². The minimum Gasteiger partial charge on any atom is -0.497 e. The van der Waals surface area contributed by atoms with Crippen LogP contribution in [-0.4, -0.2) is 109 Å². The van der Waals surface area contributed by atoms with E-state index in [0.29, 0.717) is 68.8 Å². The molecule has 13 nitrogen and oxygen atoms in total. The lowest BCUT2D eigenvalue weighted by atomic mass is 10.1. The molecular weight excluding hydrogens is 829 g/mol. The maximum absolute atomic E-state index is 12.9. The van der Waals surface area contributed by atoms with Crippen LogP contribution in [0.1, 0.15) is 5.56 Å². The predicted octanol–water partition coefficient (Wildman–Crippen LogP) is 6.98. The zero-order valence-corrected chi connectivity index (χ0v) is 36.5. The molecule has 8 rings (SSSR count). The second-order valence-electron chi connectivity index (χ2n) is 13.7. The number of aryl methyl sites for hydroxylation is 1. The van der Waals surface area contributed by atoms with Gasteiger partial charge >= 0.3 is 0 Å². The zero-order chi connectivity index (χ0) is 41.6. The van der Waals surface area contributed by atoms with Gasteiger partial charge in [0.2, 0.25) is 20.0 Å². The van der Waals surface area contributed by atoms with Gasteiger partial charge in [0, 0.05) is 74.2 Å². The molecule has 0 atom stereocenters. The zero-order valence-electron chi connectivity index (χ0n) is 33.2. The monoisotopic (exact) mass is 874 g/mol. The number of anilines is 2. The van der Waals surface area contributed by atoms with Crippen LogP contribution < -0.4 is 24.0 Å². The third-order valence-corrected chi connectivity index (χ3v) is 15.7. The highest BCUT2D eigenvalue weighted by Gasteiger charge is 2.31. The fourth-order valence-corrected chi connectivity index (χ4v) is 11.4. The Morgan fingerprint density at radius 3 is 1.49 bits per heavy atom. The van der Waals surface area contributed by atoms with Gasteiger partial charge in [-0.15, -0.1) is 22.7 Å². The van der Waals surface area contributed by atoms with E-state index in [4.69, 9.17) is 24.2 Å². The summed E-state index contributed by atoms with van der Waals surface area (Å²) in [5.41, 5.74) is 5.08. The van der Waals surface area contributed by atoms with E-state index >= 15 is 0 Å². The molecule has 2 aliphatic heterocycles. The molecule has 0 saturated carbocycles. The Labute approximate surface area is 354 Å². The molecular formula is C42H46N6O7S4. The quantitative estimate of drug-likeness (QED) is 0.134. The molecule has 6 aromatic rings. The van der Waals surface area contributed by atoms with E-state index in [0.717, 1.165) is 38.5 Å². The van der Waals surface area contributed by atoms with Crippen LogP contribution in [0.3, 0.4) is 0 Å². The van der Waals surface area contributed by atoms with Gasteiger partial charge in [-0.2, -0.15) is 8.61 Å². The average molecular weight is 875 g/mol. The van der Waals surface area contributed by atoms with Crippen LogP contribution in [-0.2, 0) is 20.0 Å². The summed E-state index contributed by atoms with van der Waals surface area (Å²) in [5, 5.41) is 5.89. The Morgan fingerprint density at radius 2 is 1.02 bits per heavy atom. The van der Waals surface area contributed by atoms with Gasteiger partial charge in [-0.25, -0.2) is 26.8 Å². The first kappa shape index (κ1) is 42.1. The number of sulfonamides is 2. The van der Waals surface area contributed by atoms with Gasteiger partial charge in [0.15, 0.2) is 10.3 Å². The molecule has 2 aromatic heterocycles. The van der Waals surface area contributed by atoms with Crippen LogP contribution in [0.4, 0.5) is 10.3 Å². The first-order chi connectivity index (χ1) is 28.5. The van der Waals surface area contributed by atoms with Crippen molar-refractivity contribution in [1.29, 1.82) is 0 Å². The number of aromatic nitrogens is 2. The molecule has 59 heavy (non-hydrogen) atoms. The smallest absolute Gasteiger partial charge is 0.243 e. The van der Waals surface area contributed by atoms with Crippen molar-refractivity contribution in [3.05, 3.63) is 113 Å². The molecule has 2 fully saturated rings. The van der Waals surface area contributed by atoms with E-state index in [-0.39, 0.29) is 4.90 Å². The van der Waals surface area contributed by atoms with Crippen molar-refractivity contribution < 1.29 is 31.0 Å². The number of nitrogens with zero attached hydrogens (tertiary/aromatic N) is 6. The average Bonchev–Trinajstić information content (AvgIpc) is 3.99. The van der Waals surface area contributed by atoms with Gasteiger partial charge in [-0.3, -0.25) is 0 Å². The van der Waals surface area contributed by atoms with Gasteiger partial charge in [-0.05, 0) is 73.7 Å². The van der Waals surface area contributed by atoms with Crippen molar-refractivity contribution in [3.63, 3.8) is 0 Å². The second kappa shape index (κ2) is 18.5. The highest BCUT2D eigenvalue weighted by molar-refractivity contribution is 7.89. The van der Waals surface area contributed by atoms with Gasteiger partial charge < -0.3 is 24.0 Å². The molecule has 4 aromatic carbocycles. The SMILES string of the molecule is COc1ccc(S(=O)(=O)N2CCN(c3nc(-c4cccc(C)c4)cs3)CC2)cc1.COc1ccc(S(=O)(=O)N2CCN(c3nc(-c4ccccc4OC)cs3)CC2)cc1. The number of piperazine rings is 2. The van der Waals surface area contributed by atoms with Gasteiger partial charge in [0.05, 0.1) is 42.5 Å². The maximum atomic E-state index is 12.9. The Kier molecular flexibility index (Phi) is 13.2. The van der Waals surface area contributed by atoms with E-state index in [1.54, 1.807) is 96.8 Å². The van der Waals surface area contributed by atoms with E-state index in [2.05, 4.69) is 40.3 Å². The van der Waals surface area contributed by atoms with Gasteiger partial charge in [0.25, 0.3) is 0 Å². The molecule has 0 unspecified atom stereocenters. The first-order valence-electron chi connectivity index (χ1n) is 18.9. The summed E-state index contributed by atoms with van der Waals surface area (Å²) in [5.74, 6) is 2.06. The molecule has 0 N–H and O–H groups in total. The van der Waals surface area contributed by atoms with Crippen LogP contribution >= 0.6 is 22.7 Å². The fraction of sp³-hybridized carbons (Fsp3) is 0.286. The van der Waals surface area contributed by atoms with Crippen LogP contribution in [0.2, 0.25) is 0 Å². The predicted molar refractivity (Wildman–Crippen MR) is 234 cm³/mol. The second-order valence-corrected chi connectivity index (χ2v) is 19.3. The normalized spacial score (nSPS) is 15.3. The van der Waals surface area contributed by atoms with E-state index in [9.17, 15) is 16.8 Å². The Morgan fingerprint density at radius 1 is 0.542 bits per heavy atom. The first-order valence-corrected chi connectivity index (χ1v) is 23.5.